The van der Waals surface area contributed by atoms with Crippen LogP contribution in [0.3, 0.4) is 0 Å². The molecule has 2 aromatic rings. The summed E-state index contributed by atoms with van der Waals surface area (Å²) in [6.07, 6.45) is 7.87. The lowest BCUT2D eigenvalue weighted by Crippen LogP contribution is -2.39. The summed E-state index contributed by atoms with van der Waals surface area (Å²) in [6, 6.07) is 14.5. The topological polar surface area (TPSA) is 66.8 Å². The Kier molecular flexibility index (Phi) is 6.24. The van der Waals surface area contributed by atoms with Crippen molar-refractivity contribution in [3.63, 3.8) is 0 Å². The number of carbonyl (C=O) groups excluding carboxylic acids is 2. The summed E-state index contributed by atoms with van der Waals surface area (Å²) in [5.41, 5.74) is 1.07. The number of alkyl halides is 1. The quantitative estimate of drug-likeness (QED) is 0.349. The number of halogens is 1. The number of nitrogens with zero attached hydrogens (tertiary/aromatic N) is 1. The van der Waals surface area contributed by atoms with E-state index in [0.717, 1.165) is 24.8 Å². The standard InChI is InChI=1S/C24H24INO4/c25-21-10-3-4-12-24(21,29)13-11-17-6-5-7-18(16-17)30-15-14-26-22(27)19-8-1-2-9-20(19)23(26)28/h1-2,5-9,11,13,16,21,29H,3-4,10,12,14-15H2. The lowest BCUT2D eigenvalue weighted by Gasteiger charge is -2.34. The molecule has 1 N–H and O–H groups in total. The molecule has 0 aromatic heterocycles. The van der Waals surface area contributed by atoms with Crippen molar-refractivity contribution in [2.45, 2.75) is 35.2 Å². The smallest absolute Gasteiger partial charge is 0.261 e. The molecular weight excluding hydrogens is 493 g/mol. The van der Waals surface area contributed by atoms with E-state index in [0.29, 0.717) is 16.9 Å². The molecule has 1 fully saturated rings. The molecule has 2 unspecified atom stereocenters. The molecule has 1 saturated carbocycles. The zero-order valence-electron chi connectivity index (χ0n) is 16.6. The molecule has 30 heavy (non-hydrogen) atoms. The SMILES string of the molecule is O=C1c2ccccc2C(=O)N1CCOc1cccc(C=CC2(O)CCCCC2I)c1. The molecular formula is C24H24INO4. The van der Waals surface area contributed by atoms with E-state index in [1.807, 2.05) is 36.4 Å². The van der Waals surface area contributed by atoms with E-state index in [1.54, 1.807) is 24.3 Å². The monoisotopic (exact) mass is 517 g/mol. The van der Waals surface area contributed by atoms with E-state index in [1.165, 1.54) is 11.3 Å². The van der Waals surface area contributed by atoms with E-state index in [9.17, 15) is 14.7 Å². The maximum atomic E-state index is 12.4. The fraction of sp³-hybridized carbons (Fsp3) is 0.333. The maximum Gasteiger partial charge on any atom is 0.261 e. The molecule has 156 valence electrons. The second-order valence-electron chi connectivity index (χ2n) is 7.77. The number of rotatable bonds is 6. The van der Waals surface area contributed by atoms with Crippen molar-refractivity contribution in [3.8, 4) is 5.75 Å². The Morgan fingerprint density at radius 1 is 1.10 bits per heavy atom. The largest absolute Gasteiger partial charge is 0.492 e. The summed E-state index contributed by atoms with van der Waals surface area (Å²) in [7, 11) is 0. The van der Waals surface area contributed by atoms with Crippen LogP contribution in [-0.4, -0.2) is 44.5 Å². The van der Waals surface area contributed by atoms with Crippen LogP contribution in [-0.2, 0) is 0 Å². The van der Waals surface area contributed by atoms with Crippen LogP contribution >= 0.6 is 22.6 Å². The van der Waals surface area contributed by atoms with Gasteiger partial charge < -0.3 is 9.84 Å². The van der Waals surface area contributed by atoms with Crippen molar-refractivity contribution in [1.29, 1.82) is 0 Å². The van der Waals surface area contributed by atoms with Crippen LogP contribution in [0, 0.1) is 0 Å². The molecule has 2 aromatic carbocycles. The zero-order chi connectivity index (χ0) is 21.1. The summed E-state index contributed by atoms with van der Waals surface area (Å²) >= 11 is 2.34. The van der Waals surface area contributed by atoms with Crippen LogP contribution in [0.4, 0.5) is 0 Å². The highest BCUT2D eigenvalue weighted by atomic mass is 127. The zero-order valence-corrected chi connectivity index (χ0v) is 18.7. The van der Waals surface area contributed by atoms with Gasteiger partial charge in [0.25, 0.3) is 11.8 Å². The van der Waals surface area contributed by atoms with Gasteiger partial charge in [-0.2, -0.15) is 0 Å². The predicted molar refractivity (Wildman–Crippen MR) is 124 cm³/mol. The van der Waals surface area contributed by atoms with Crippen molar-refractivity contribution >= 4 is 40.5 Å². The predicted octanol–water partition coefficient (Wildman–Crippen LogP) is 4.48. The average Bonchev–Trinajstić information content (AvgIpc) is 3.00. The van der Waals surface area contributed by atoms with E-state index in [2.05, 4.69) is 22.6 Å². The van der Waals surface area contributed by atoms with Crippen molar-refractivity contribution in [1.82, 2.24) is 4.90 Å². The highest BCUT2D eigenvalue weighted by Crippen LogP contribution is 2.35. The van der Waals surface area contributed by atoms with Gasteiger partial charge in [0.05, 0.1) is 23.3 Å². The highest BCUT2D eigenvalue weighted by Gasteiger charge is 2.35. The van der Waals surface area contributed by atoms with Crippen LogP contribution in [0.1, 0.15) is 52.0 Å². The van der Waals surface area contributed by atoms with Crippen molar-refractivity contribution in [2.24, 2.45) is 0 Å². The molecule has 0 bridgehead atoms. The fourth-order valence-corrected chi connectivity index (χ4v) is 4.93. The first-order valence-electron chi connectivity index (χ1n) is 10.2. The molecule has 2 amide bonds. The van der Waals surface area contributed by atoms with Gasteiger partial charge in [-0.3, -0.25) is 14.5 Å². The number of imide groups is 1. The first kappa shape index (κ1) is 21.1. The number of aliphatic hydroxyl groups is 1. The number of benzene rings is 2. The molecule has 2 atom stereocenters. The van der Waals surface area contributed by atoms with E-state index in [4.69, 9.17) is 4.74 Å². The lowest BCUT2D eigenvalue weighted by atomic mass is 9.84. The lowest BCUT2D eigenvalue weighted by molar-refractivity contribution is 0.0627. The van der Waals surface area contributed by atoms with Gasteiger partial charge >= 0.3 is 0 Å². The van der Waals surface area contributed by atoms with Crippen LogP contribution in [0.15, 0.2) is 54.6 Å². The molecule has 1 heterocycles. The van der Waals surface area contributed by atoms with Gasteiger partial charge in [0.15, 0.2) is 0 Å². The third-order valence-corrected chi connectivity index (χ3v) is 7.41. The minimum atomic E-state index is -0.763. The van der Waals surface area contributed by atoms with Crippen molar-refractivity contribution in [2.75, 3.05) is 13.2 Å². The molecule has 0 saturated heterocycles. The average molecular weight is 517 g/mol. The Bertz CT molecular complexity index is 954. The van der Waals surface area contributed by atoms with Crippen molar-refractivity contribution < 1.29 is 19.4 Å². The minimum absolute atomic E-state index is 0.197. The fourth-order valence-electron chi connectivity index (χ4n) is 3.97. The van der Waals surface area contributed by atoms with Crippen LogP contribution in [0.5, 0.6) is 5.75 Å². The van der Waals surface area contributed by atoms with Crippen LogP contribution in [0.25, 0.3) is 6.08 Å². The van der Waals surface area contributed by atoms with Crippen LogP contribution < -0.4 is 4.74 Å². The van der Waals surface area contributed by atoms with Gasteiger partial charge in [-0.25, -0.2) is 0 Å². The maximum absolute atomic E-state index is 12.4. The Balaban J connectivity index is 1.36. The Morgan fingerprint density at radius 3 is 2.53 bits per heavy atom. The molecule has 0 radical (unpaired) electrons. The van der Waals surface area contributed by atoms with Gasteiger partial charge in [-0.15, -0.1) is 0 Å². The molecule has 1 aliphatic heterocycles. The summed E-state index contributed by atoms with van der Waals surface area (Å²) in [4.78, 5) is 26.1. The highest BCUT2D eigenvalue weighted by molar-refractivity contribution is 14.1. The number of carbonyl (C=O) groups is 2. The summed E-state index contributed by atoms with van der Waals surface area (Å²) in [6.45, 7) is 0.418. The third kappa shape index (κ3) is 4.30. The molecule has 0 spiro atoms. The van der Waals surface area contributed by atoms with E-state index in [-0.39, 0.29) is 28.9 Å². The Morgan fingerprint density at radius 2 is 1.83 bits per heavy atom. The number of ether oxygens (including phenoxy) is 1. The minimum Gasteiger partial charge on any atom is -0.492 e. The second kappa shape index (κ2) is 8.89. The van der Waals surface area contributed by atoms with Crippen LogP contribution in [0.2, 0.25) is 0 Å². The van der Waals surface area contributed by atoms with E-state index >= 15 is 0 Å². The first-order valence-corrected chi connectivity index (χ1v) is 11.5. The Hall–Kier alpha value is -2.19. The van der Waals surface area contributed by atoms with Crippen molar-refractivity contribution in [3.05, 3.63) is 71.3 Å². The van der Waals surface area contributed by atoms with E-state index < -0.39 is 5.60 Å². The summed E-state index contributed by atoms with van der Waals surface area (Å²) < 4.78 is 6.02. The number of hydrogen-bond acceptors (Lipinski definition) is 4. The molecule has 5 nitrogen and oxygen atoms in total. The third-order valence-electron chi connectivity index (χ3n) is 5.71. The molecule has 6 heteroatoms. The van der Waals surface area contributed by atoms with Gasteiger partial charge in [-0.05, 0) is 42.7 Å². The van der Waals surface area contributed by atoms with Gasteiger partial charge in [-0.1, -0.05) is 71.9 Å². The summed E-state index contributed by atoms with van der Waals surface area (Å²) in [5.74, 6) is 0.116. The number of amides is 2. The van der Waals surface area contributed by atoms with Gasteiger partial charge in [0.2, 0.25) is 0 Å². The normalized spacial score (nSPS) is 23.8. The number of fused-ring (bicyclic) bond motifs is 1. The summed E-state index contributed by atoms with van der Waals surface area (Å²) in [5, 5.41) is 10.9. The molecule has 1 aliphatic carbocycles. The molecule has 4 rings (SSSR count). The van der Waals surface area contributed by atoms with Gasteiger partial charge in [0, 0.05) is 3.92 Å². The molecule has 2 aliphatic rings. The number of hydrogen-bond donors (Lipinski definition) is 1. The Labute approximate surface area is 189 Å². The first-order chi connectivity index (χ1) is 14.5. The second-order valence-corrected chi connectivity index (χ2v) is 9.27. The van der Waals surface area contributed by atoms with Gasteiger partial charge in [0.1, 0.15) is 12.4 Å².